The Bertz CT molecular complexity index is 991. The minimum absolute atomic E-state index is 0.0309. The van der Waals surface area contributed by atoms with E-state index < -0.39 is 40.4 Å². The lowest BCUT2D eigenvalue weighted by molar-refractivity contribution is -0.150. The quantitative estimate of drug-likeness (QED) is 0.380. The van der Waals surface area contributed by atoms with E-state index in [1.54, 1.807) is 12.1 Å². The molecule has 1 unspecified atom stereocenters. The molecule has 0 fully saturated rings. The molecule has 12 heteroatoms. The zero-order valence-corrected chi connectivity index (χ0v) is 17.1. The molecule has 2 rings (SSSR count). The molecule has 8 nitrogen and oxygen atoms in total. The van der Waals surface area contributed by atoms with E-state index in [1.807, 2.05) is 6.92 Å². The van der Waals surface area contributed by atoms with Gasteiger partial charge in [0.25, 0.3) is 16.0 Å². The van der Waals surface area contributed by atoms with Gasteiger partial charge in [-0.15, -0.1) is 0 Å². The molecule has 0 heterocycles. The minimum Gasteiger partial charge on any atom is -0.508 e. The number of Topliss-reactive ketones (excluding diaryl/α,β-unsaturated/α-hetero) is 1. The molecule has 0 radical (unpaired) electrons. The lowest BCUT2D eigenvalue weighted by Gasteiger charge is -2.12. The zero-order valence-electron chi connectivity index (χ0n) is 16.3. The van der Waals surface area contributed by atoms with Crippen molar-refractivity contribution in [1.29, 1.82) is 0 Å². The predicted molar refractivity (Wildman–Crippen MR) is 105 cm³/mol. The fraction of sp³-hybridized carbons (Fsp3) is 0.263. The summed E-state index contributed by atoms with van der Waals surface area (Å²) in [6.07, 6.45) is -6.15. The molecule has 1 atom stereocenters. The Morgan fingerprint density at radius 2 is 1.58 bits per heavy atom. The van der Waals surface area contributed by atoms with Crippen molar-refractivity contribution in [1.82, 2.24) is 5.32 Å². The Morgan fingerprint density at radius 1 is 1.06 bits per heavy atom. The van der Waals surface area contributed by atoms with E-state index in [9.17, 15) is 31.2 Å². The van der Waals surface area contributed by atoms with Crippen molar-refractivity contribution in [2.75, 3.05) is 0 Å². The van der Waals surface area contributed by atoms with Crippen molar-refractivity contribution >= 4 is 21.8 Å². The summed E-state index contributed by atoms with van der Waals surface area (Å²) in [7, 11) is -4.02. The Balaban J connectivity index is 0.000000367. The van der Waals surface area contributed by atoms with E-state index >= 15 is 0 Å². The Hall–Kier alpha value is -2.96. The molecule has 0 aliphatic carbocycles. The van der Waals surface area contributed by atoms with E-state index in [4.69, 9.17) is 15.4 Å². The maximum Gasteiger partial charge on any atom is 0.391 e. The molecule has 0 spiro atoms. The van der Waals surface area contributed by atoms with Crippen LogP contribution in [0, 0.1) is 6.92 Å². The fourth-order valence-electron chi connectivity index (χ4n) is 2.10. The first kappa shape index (κ1) is 26.1. The molecule has 0 saturated heterocycles. The third-order valence-corrected chi connectivity index (χ3v) is 4.59. The lowest BCUT2D eigenvalue weighted by Crippen LogP contribution is -2.44. The summed E-state index contributed by atoms with van der Waals surface area (Å²) in [6, 6.07) is 9.82. The van der Waals surface area contributed by atoms with Gasteiger partial charge < -0.3 is 16.2 Å². The first-order valence-electron chi connectivity index (χ1n) is 8.65. The highest BCUT2D eigenvalue weighted by Crippen LogP contribution is 2.21. The second kappa shape index (κ2) is 10.9. The van der Waals surface area contributed by atoms with Crippen LogP contribution >= 0.6 is 0 Å². The van der Waals surface area contributed by atoms with Crippen LogP contribution in [0.15, 0.2) is 53.4 Å². The van der Waals surface area contributed by atoms with Gasteiger partial charge in [-0.25, -0.2) is 0 Å². The number of phenols is 1. The fourth-order valence-corrected chi connectivity index (χ4v) is 2.58. The number of rotatable bonds is 6. The number of aryl methyl sites for hydroxylation is 1. The number of nitrogens with one attached hydrogen (secondary N) is 1. The second-order valence-corrected chi connectivity index (χ2v) is 7.85. The first-order valence-corrected chi connectivity index (χ1v) is 10.1. The van der Waals surface area contributed by atoms with Crippen molar-refractivity contribution in [3.05, 3.63) is 59.7 Å². The van der Waals surface area contributed by atoms with E-state index in [0.29, 0.717) is 5.56 Å². The summed E-state index contributed by atoms with van der Waals surface area (Å²) < 4.78 is 65.6. The minimum atomic E-state index is -4.60. The lowest BCUT2D eigenvalue weighted by atomic mass is 10.1. The van der Waals surface area contributed by atoms with E-state index in [2.05, 4.69) is 5.32 Å². The van der Waals surface area contributed by atoms with E-state index in [1.165, 1.54) is 36.4 Å². The number of hydrogen-bond acceptors (Lipinski definition) is 6. The number of carbonyl (C=O) groups excluding carboxylic acids is 2. The highest BCUT2D eigenvalue weighted by atomic mass is 32.2. The predicted octanol–water partition coefficient (Wildman–Crippen LogP) is 2.10. The van der Waals surface area contributed by atoms with Gasteiger partial charge in [0.05, 0.1) is 17.4 Å². The first-order chi connectivity index (χ1) is 14.2. The van der Waals surface area contributed by atoms with Crippen LogP contribution in [-0.4, -0.2) is 42.0 Å². The van der Waals surface area contributed by atoms with E-state index in [-0.39, 0.29) is 17.2 Å². The van der Waals surface area contributed by atoms with Gasteiger partial charge in [-0.05, 0) is 36.8 Å². The number of amides is 1. The number of halogens is 3. The summed E-state index contributed by atoms with van der Waals surface area (Å²) in [5, 5.41) is 11.2. The van der Waals surface area contributed by atoms with Crippen LogP contribution in [0.25, 0.3) is 0 Å². The normalized spacial score (nSPS) is 12.3. The topological polar surface area (TPSA) is 147 Å². The van der Waals surface area contributed by atoms with Crippen LogP contribution < -0.4 is 11.1 Å². The smallest absolute Gasteiger partial charge is 0.391 e. The van der Waals surface area contributed by atoms with Crippen molar-refractivity contribution in [3.8, 4) is 5.75 Å². The molecule has 0 bridgehead atoms. The van der Waals surface area contributed by atoms with Gasteiger partial charge in [0, 0.05) is 6.54 Å². The summed E-state index contributed by atoms with van der Waals surface area (Å²) in [4.78, 5) is 22.6. The summed E-state index contributed by atoms with van der Waals surface area (Å²) >= 11 is 0. The molecular formula is C19H21F3N2O6S. The summed E-state index contributed by atoms with van der Waals surface area (Å²) in [5.41, 5.74) is 6.56. The standard InChI is InChI=1S/C12H13F3N2O3.C7H8O3S/c13-12(14,15)5-9(16)10(19)11(20)17-6-7-1-3-8(18)4-2-7;1-6-2-4-7(5-3-6)11(8,9)10/h1-4,9,18H,5-6,16H2,(H,17,20);2-5H,1H3,(H,8,9,10). The zero-order chi connectivity index (χ0) is 23.8. The Morgan fingerprint density at radius 3 is 2.03 bits per heavy atom. The van der Waals surface area contributed by atoms with Gasteiger partial charge >= 0.3 is 6.18 Å². The number of ketones is 1. The number of hydrogen-bond donors (Lipinski definition) is 4. The maximum atomic E-state index is 12.0. The molecule has 170 valence electrons. The maximum absolute atomic E-state index is 12.0. The van der Waals surface area contributed by atoms with Crippen molar-refractivity contribution in [2.24, 2.45) is 5.73 Å². The highest BCUT2D eigenvalue weighted by Gasteiger charge is 2.35. The Labute approximate surface area is 176 Å². The number of carbonyl (C=O) groups is 2. The number of aromatic hydroxyl groups is 1. The van der Waals surface area contributed by atoms with Gasteiger partial charge in [0.2, 0.25) is 5.78 Å². The van der Waals surface area contributed by atoms with Crippen LogP contribution in [0.5, 0.6) is 5.75 Å². The van der Waals surface area contributed by atoms with Crippen LogP contribution in [0.4, 0.5) is 13.2 Å². The van der Waals surface area contributed by atoms with Crippen molar-refractivity contribution in [3.63, 3.8) is 0 Å². The largest absolute Gasteiger partial charge is 0.508 e. The molecule has 0 aliphatic rings. The molecule has 2 aromatic carbocycles. The monoisotopic (exact) mass is 462 g/mol. The average Bonchev–Trinajstić information content (AvgIpc) is 2.65. The van der Waals surface area contributed by atoms with Crippen LogP contribution in [0.3, 0.4) is 0 Å². The van der Waals surface area contributed by atoms with Crippen LogP contribution in [0.2, 0.25) is 0 Å². The van der Waals surface area contributed by atoms with E-state index in [0.717, 1.165) is 5.56 Å². The summed E-state index contributed by atoms with van der Waals surface area (Å²) in [6.45, 7) is 1.79. The molecule has 0 aromatic heterocycles. The second-order valence-electron chi connectivity index (χ2n) is 6.43. The molecule has 2 aromatic rings. The van der Waals surface area contributed by atoms with Crippen LogP contribution in [-0.2, 0) is 26.3 Å². The molecule has 0 aliphatic heterocycles. The van der Waals surface area contributed by atoms with Gasteiger partial charge in [0.15, 0.2) is 0 Å². The number of alkyl halides is 3. The number of nitrogens with two attached hydrogens (primary N) is 1. The molecule has 1 amide bonds. The third-order valence-electron chi connectivity index (χ3n) is 3.72. The van der Waals surface area contributed by atoms with Crippen LogP contribution in [0.1, 0.15) is 17.5 Å². The van der Waals surface area contributed by atoms with Gasteiger partial charge in [-0.2, -0.15) is 21.6 Å². The van der Waals surface area contributed by atoms with Gasteiger partial charge in [0.1, 0.15) is 5.75 Å². The SMILES string of the molecule is Cc1ccc(S(=O)(=O)O)cc1.NC(CC(F)(F)F)C(=O)C(=O)NCc1ccc(O)cc1. The molecular weight excluding hydrogens is 441 g/mol. The van der Waals surface area contributed by atoms with Gasteiger partial charge in [-0.1, -0.05) is 29.8 Å². The Kier molecular flexibility index (Phi) is 9.16. The number of phenolic OH excluding ortho intramolecular Hbond substituents is 1. The number of benzene rings is 2. The van der Waals surface area contributed by atoms with Gasteiger partial charge in [-0.3, -0.25) is 14.1 Å². The molecule has 5 N–H and O–H groups in total. The van der Waals surface area contributed by atoms with Crippen molar-refractivity contribution < 1.29 is 40.8 Å². The average molecular weight is 462 g/mol. The summed E-state index contributed by atoms with van der Waals surface area (Å²) in [5.74, 6) is -2.46. The third kappa shape index (κ3) is 10.1. The highest BCUT2D eigenvalue weighted by molar-refractivity contribution is 7.85. The molecule has 0 saturated carbocycles. The molecule has 31 heavy (non-hydrogen) atoms. The van der Waals surface area contributed by atoms with Crippen molar-refractivity contribution in [2.45, 2.75) is 37.0 Å².